The maximum atomic E-state index is 6.33. The second-order valence-corrected chi connectivity index (χ2v) is 6.02. The quantitative estimate of drug-likeness (QED) is 0.785. The molecule has 2 rings (SSSR count). The highest BCUT2D eigenvalue weighted by atomic mass is 16.5. The van der Waals surface area contributed by atoms with Gasteiger partial charge in [0.2, 0.25) is 0 Å². The molecule has 1 heterocycles. The smallest absolute Gasteiger partial charge is 0.0891 e. The zero-order valence-electron chi connectivity index (χ0n) is 13.8. The lowest BCUT2D eigenvalue weighted by molar-refractivity contribution is -0.0784. The molecule has 1 aromatic rings. The molecule has 120 valence electrons. The van der Waals surface area contributed by atoms with Crippen molar-refractivity contribution >= 4 is 0 Å². The highest BCUT2D eigenvalue weighted by molar-refractivity contribution is 5.11. The first-order valence-electron chi connectivity index (χ1n) is 8.47. The van der Waals surface area contributed by atoms with E-state index in [0.717, 1.165) is 38.1 Å². The van der Waals surface area contributed by atoms with E-state index in [0.29, 0.717) is 0 Å². The van der Waals surface area contributed by atoms with Crippen LogP contribution in [0.3, 0.4) is 0 Å². The molecule has 1 N–H and O–H groups in total. The molecule has 5 heteroatoms. The third-order valence-corrected chi connectivity index (χ3v) is 4.58. The fraction of sp³-hybridized carbons (Fsp3) is 0.875. The normalized spacial score (nSPS) is 20.1. The van der Waals surface area contributed by atoms with E-state index < -0.39 is 0 Å². The van der Waals surface area contributed by atoms with Crippen LogP contribution in [-0.4, -0.2) is 34.2 Å². The van der Waals surface area contributed by atoms with Gasteiger partial charge in [0.1, 0.15) is 0 Å². The van der Waals surface area contributed by atoms with Crippen LogP contribution in [0, 0.1) is 0 Å². The van der Waals surface area contributed by atoms with Crippen LogP contribution in [0.4, 0.5) is 0 Å². The molecule has 1 atom stereocenters. The van der Waals surface area contributed by atoms with Crippen LogP contribution in [0.1, 0.15) is 70.5 Å². The molecule has 1 unspecified atom stereocenters. The summed E-state index contributed by atoms with van der Waals surface area (Å²) in [7, 11) is 2.03. The molecular weight excluding hydrogens is 264 g/mol. The van der Waals surface area contributed by atoms with E-state index in [1.165, 1.54) is 25.7 Å². The van der Waals surface area contributed by atoms with Crippen molar-refractivity contribution in [1.29, 1.82) is 0 Å². The highest BCUT2D eigenvalue weighted by Gasteiger charge is 2.41. The average Bonchev–Trinajstić information content (AvgIpc) is 2.79. The molecule has 1 aliphatic carbocycles. The van der Waals surface area contributed by atoms with Crippen LogP contribution in [0.15, 0.2) is 6.20 Å². The number of nitrogens with one attached hydrogen (secondary N) is 1. The summed E-state index contributed by atoms with van der Waals surface area (Å²) >= 11 is 0. The lowest BCUT2D eigenvalue weighted by atomic mass is 9.84. The molecule has 0 bridgehead atoms. The Morgan fingerprint density at radius 3 is 2.57 bits per heavy atom. The van der Waals surface area contributed by atoms with Crippen molar-refractivity contribution in [2.75, 3.05) is 13.7 Å². The van der Waals surface area contributed by atoms with Gasteiger partial charge in [0.15, 0.2) is 0 Å². The molecule has 1 fully saturated rings. The standard InChI is InChI=1S/C16H30N4O/c1-4-12-20-14(13-18-19-20)15(17-3)16(21-5-2)10-8-6-7-9-11-16/h13,15,17H,4-12H2,1-3H3. The minimum Gasteiger partial charge on any atom is -0.373 e. The largest absolute Gasteiger partial charge is 0.373 e. The fourth-order valence-corrected chi connectivity index (χ4v) is 3.69. The monoisotopic (exact) mass is 294 g/mol. The van der Waals surface area contributed by atoms with E-state index >= 15 is 0 Å². The molecule has 0 aromatic carbocycles. The lowest BCUT2D eigenvalue weighted by Gasteiger charge is -2.40. The SMILES string of the molecule is CCCn1nncc1C(NC)C1(OCC)CCCCCC1. The predicted octanol–water partition coefficient (Wildman–Crippen LogP) is 3.08. The first kappa shape index (κ1) is 16.4. The van der Waals surface area contributed by atoms with Gasteiger partial charge in [-0.1, -0.05) is 37.8 Å². The lowest BCUT2D eigenvalue weighted by Crippen LogP contribution is -2.46. The van der Waals surface area contributed by atoms with Crippen LogP contribution in [0.25, 0.3) is 0 Å². The van der Waals surface area contributed by atoms with Gasteiger partial charge in [-0.2, -0.15) is 0 Å². The molecule has 0 aliphatic heterocycles. The summed E-state index contributed by atoms with van der Waals surface area (Å²) in [6.45, 7) is 5.94. The summed E-state index contributed by atoms with van der Waals surface area (Å²) < 4.78 is 8.36. The van der Waals surface area contributed by atoms with Crippen molar-refractivity contribution in [3.8, 4) is 0 Å². The third-order valence-electron chi connectivity index (χ3n) is 4.58. The number of likely N-dealkylation sites (N-methyl/N-ethyl adjacent to an activating group) is 1. The Morgan fingerprint density at radius 1 is 1.29 bits per heavy atom. The maximum absolute atomic E-state index is 6.33. The number of rotatable bonds is 7. The van der Waals surface area contributed by atoms with E-state index in [4.69, 9.17) is 4.74 Å². The second kappa shape index (κ2) is 7.90. The molecule has 1 aromatic heterocycles. The Hall–Kier alpha value is -0.940. The number of aryl methyl sites for hydroxylation is 1. The highest BCUT2D eigenvalue weighted by Crippen LogP contribution is 2.40. The number of aromatic nitrogens is 3. The Bertz CT molecular complexity index is 410. The predicted molar refractivity (Wildman–Crippen MR) is 84.2 cm³/mol. The first-order valence-corrected chi connectivity index (χ1v) is 8.47. The van der Waals surface area contributed by atoms with Crippen molar-refractivity contribution < 1.29 is 4.74 Å². The van der Waals surface area contributed by atoms with E-state index in [-0.39, 0.29) is 11.6 Å². The fourth-order valence-electron chi connectivity index (χ4n) is 3.69. The van der Waals surface area contributed by atoms with Gasteiger partial charge in [-0.3, -0.25) is 0 Å². The Kier molecular flexibility index (Phi) is 6.18. The summed E-state index contributed by atoms with van der Waals surface area (Å²) in [4.78, 5) is 0. The first-order chi connectivity index (χ1) is 10.3. The molecule has 0 saturated heterocycles. The van der Waals surface area contributed by atoms with Gasteiger partial charge in [-0.05, 0) is 33.2 Å². The van der Waals surface area contributed by atoms with E-state index in [1.807, 2.05) is 17.9 Å². The van der Waals surface area contributed by atoms with E-state index in [9.17, 15) is 0 Å². The summed E-state index contributed by atoms with van der Waals surface area (Å²) in [6.07, 6.45) is 10.3. The zero-order chi connectivity index (χ0) is 15.1. The molecule has 1 saturated carbocycles. The van der Waals surface area contributed by atoms with Gasteiger partial charge < -0.3 is 10.1 Å². The number of nitrogens with zero attached hydrogens (tertiary/aromatic N) is 3. The van der Waals surface area contributed by atoms with Crippen LogP contribution < -0.4 is 5.32 Å². The minimum atomic E-state index is -0.118. The van der Waals surface area contributed by atoms with Crippen molar-refractivity contribution in [1.82, 2.24) is 20.3 Å². The van der Waals surface area contributed by atoms with Gasteiger partial charge >= 0.3 is 0 Å². The van der Waals surface area contributed by atoms with Crippen molar-refractivity contribution in [3.63, 3.8) is 0 Å². The minimum absolute atomic E-state index is 0.118. The van der Waals surface area contributed by atoms with E-state index in [2.05, 4.69) is 29.5 Å². The van der Waals surface area contributed by atoms with Gasteiger partial charge in [-0.15, -0.1) is 5.10 Å². The molecule has 21 heavy (non-hydrogen) atoms. The Balaban J connectivity index is 2.32. The number of hydrogen-bond acceptors (Lipinski definition) is 4. The zero-order valence-corrected chi connectivity index (χ0v) is 13.8. The topological polar surface area (TPSA) is 52.0 Å². The van der Waals surface area contributed by atoms with E-state index in [1.54, 1.807) is 0 Å². The molecule has 0 radical (unpaired) electrons. The molecule has 5 nitrogen and oxygen atoms in total. The van der Waals surface area contributed by atoms with Crippen LogP contribution >= 0.6 is 0 Å². The molecule has 0 spiro atoms. The molecule has 0 amide bonds. The maximum Gasteiger partial charge on any atom is 0.0891 e. The van der Waals surface area contributed by atoms with Crippen molar-refractivity contribution in [2.24, 2.45) is 0 Å². The number of hydrogen-bond donors (Lipinski definition) is 1. The molecule has 1 aliphatic rings. The van der Waals surface area contributed by atoms with Crippen molar-refractivity contribution in [3.05, 3.63) is 11.9 Å². The van der Waals surface area contributed by atoms with Gasteiger partial charge in [0, 0.05) is 13.2 Å². The third kappa shape index (κ3) is 3.64. The summed E-state index contributed by atoms with van der Waals surface area (Å²) in [5.41, 5.74) is 1.04. The summed E-state index contributed by atoms with van der Waals surface area (Å²) in [6, 6.07) is 0.164. The Labute approximate surface area is 128 Å². The Morgan fingerprint density at radius 2 is 2.00 bits per heavy atom. The van der Waals surface area contributed by atoms with Gasteiger partial charge in [-0.25, -0.2) is 4.68 Å². The second-order valence-electron chi connectivity index (χ2n) is 6.02. The summed E-state index contributed by atoms with van der Waals surface area (Å²) in [5, 5.41) is 11.9. The van der Waals surface area contributed by atoms with Crippen LogP contribution in [0.2, 0.25) is 0 Å². The molecular formula is C16H30N4O. The average molecular weight is 294 g/mol. The van der Waals surface area contributed by atoms with Crippen LogP contribution in [-0.2, 0) is 11.3 Å². The van der Waals surface area contributed by atoms with Gasteiger partial charge in [0.25, 0.3) is 0 Å². The van der Waals surface area contributed by atoms with Crippen LogP contribution in [0.5, 0.6) is 0 Å². The summed E-state index contributed by atoms with van der Waals surface area (Å²) in [5.74, 6) is 0. The number of ether oxygens (including phenoxy) is 1. The van der Waals surface area contributed by atoms with Crippen molar-refractivity contribution in [2.45, 2.75) is 77.0 Å². The van der Waals surface area contributed by atoms with Gasteiger partial charge in [0.05, 0.1) is 23.5 Å².